The maximum atomic E-state index is 12.8. The largest absolute Gasteiger partial charge is 0.492 e. The molecule has 4 rings (SSSR count). The van der Waals surface area contributed by atoms with E-state index >= 15 is 0 Å². The fraction of sp³-hybridized carbons (Fsp3) is 0.115. The van der Waals surface area contributed by atoms with Crippen molar-refractivity contribution in [3.63, 3.8) is 0 Å². The van der Waals surface area contributed by atoms with Crippen molar-refractivity contribution in [1.82, 2.24) is 4.90 Å². The number of ether oxygens (including phenoxy) is 2. The monoisotopic (exact) mass is 571 g/mol. The van der Waals surface area contributed by atoms with E-state index < -0.39 is 5.97 Å². The molecule has 6 nitrogen and oxygen atoms in total. The molecule has 0 N–H and O–H groups in total. The second kappa shape index (κ2) is 11.1. The number of halogens is 2. The first-order chi connectivity index (χ1) is 16.8. The molecule has 1 fully saturated rings. The molecule has 3 aromatic carbocycles. The highest BCUT2D eigenvalue weighted by Gasteiger charge is 2.34. The molecule has 0 aliphatic carbocycles. The highest BCUT2D eigenvalue weighted by Crippen LogP contribution is 2.34. The maximum Gasteiger partial charge on any atom is 0.343 e. The Morgan fingerprint density at radius 2 is 1.86 bits per heavy atom. The first-order valence-electron chi connectivity index (χ1n) is 10.5. The Balaban J connectivity index is 1.39. The van der Waals surface area contributed by atoms with Crippen LogP contribution >= 0.6 is 39.3 Å². The van der Waals surface area contributed by atoms with E-state index in [2.05, 4.69) is 15.9 Å². The van der Waals surface area contributed by atoms with Crippen molar-refractivity contribution in [3.8, 4) is 11.5 Å². The van der Waals surface area contributed by atoms with Gasteiger partial charge in [-0.2, -0.15) is 0 Å². The van der Waals surface area contributed by atoms with Gasteiger partial charge in [-0.15, -0.1) is 0 Å². The third kappa shape index (κ3) is 6.33. The molecule has 2 amide bonds. The normalized spacial score (nSPS) is 14.5. The number of esters is 1. The summed E-state index contributed by atoms with van der Waals surface area (Å²) in [6.07, 6.45) is 1.63. The van der Waals surface area contributed by atoms with Crippen LogP contribution in [0.1, 0.15) is 21.5 Å². The van der Waals surface area contributed by atoms with Crippen molar-refractivity contribution < 1.29 is 23.9 Å². The molecule has 35 heavy (non-hydrogen) atoms. The third-order valence-electron chi connectivity index (χ3n) is 4.98. The molecular formula is C26H19BrClNO5S. The van der Waals surface area contributed by atoms with Crippen molar-refractivity contribution >= 4 is 62.5 Å². The smallest absolute Gasteiger partial charge is 0.343 e. The first-order valence-corrected chi connectivity index (χ1v) is 12.5. The summed E-state index contributed by atoms with van der Waals surface area (Å²) in [4.78, 5) is 39.0. The fourth-order valence-corrected chi connectivity index (χ4v) is 4.71. The summed E-state index contributed by atoms with van der Waals surface area (Å²) < 4.78 is 11.6. The Morgan fingerprint density at radius 3 is 2.57 bits per heavy atom. The van der Waals surface area contributed by atoms with Gasteiger partial charge in [-0.3, -0.25) is 14.5 Å². The fourth-order valence-electron chi connectivity index (χ4n) is 3.24. The van der Waals surface area contributed by atoms with Crippen molar-refractivity contribution in [2.24, 2.45) is 0 Å². The predicted octanol–water partition coefficient (Wildman–Crippen LogP) is 6.75. The van der Waals surface area contributed by atoms with Crippen LogP contribution < -0.4 is 9.47 Å². The number of hydrogen-bond donors (Lipinski definition) is 0. The minimum Gasteiger partial charge on any atom is -0.492 e. The van der Waals surface area contributed by atoms with E-state index in [9.17, 15) is 14.4 Å². The van der Waals surface area contributed by atoms with E-state index in [0.717, 1.165) is 17.3 Å². The van der Waals surface area contributed by atoms with Gasteiger partial charge in [0, 0.05) is 5.02 Å². The van der Waals surface area contributed by atoms with Gasteiger partial charge in [-0.05, 0) is 100 Å². The highest BCUT2D eigenvalue weighted by atomic mass is 79.9. The highest BCUT2D eigenvalue weighted by molar-refractivity contribution is 9.10. The number of thioether (sulfide) groups is 1. The summed E-state index contributed by atoms with van der Waals surface area (Å²) in [7, 11) is 0. The average molecular weight is 573 g/mol. The molecule has 3 aromatic rings. The molecule has 178 valence electrons. The van der Waals surface area contributed by atoms with E-state index in [0.29, 0.717) is 37.0 Å². The van der Waals surface area contributed by atoms with Gasteiger partial charge in [0.05, 0.1) is 21.5 Å². The lowest BCUT2D eigenvalue weighted by Crippen LogP contribution is -2.32. The van der Waals surface area contributed by atoms with Crippen LogP contribution in [0.15, 0.2) is 76.1 Å². The van der Waals surface area contributed by atoms with E-state index in [1.54, 1.807) is 48.5 Å². The van der Waals surface area contributed by atoms with Gasteiger partial charge in [0.25, 0.3) is 11.1 Å². The first kappa shape index (κ1) is 25.0. The Bertz CT molecular complexity index is 1330. The third-order valence-corrected chi connectivity index (χ3v) is 6.76. The van der Waals surface area contributed by atoms with Crippen molar-refractivity contribution in [2.75, 3.05) is 13.2 Å². The van der Waals surface area contributed by atoms with Crippen LogP contribution in [0.5, 0.6) is 11.5 Å². The lowest BCUT2D eigenvalue weighted by Gasteiger charge is -2.13. The number of carbonyl (C=O) groups is 3. The molecule has 1 heterocycles. The molecule has 0 bridgehead atoms. The number of aryl methyl sites for hydroxylation is 1. The Hall–Kier alpha value is -3.07. The summed E-state index contributed by atoms with van der Waals surface area (Å²) >= 11 is 10.1. The SMILES string of the molecule is Cc1cccc(OCCN2C(=O)S/C(=C\c3ccc(OC(=O)c4ccc(Cl)cc4)c(Br)c3)C2=O)c1. The zero-order valence-corrected chi connectivity index (χ0v) is 21.7. The van der Waals surface area contributed by atoms with Crippen LogP contribution in [0.25, 0.3) is 6.08 Å². The second-order valence-electron chi connectivity index (χ2n) is 7.58. The number of carbonyl (C=O) groups excluding carboxylic acids is 3. The molecule has 1 aliphatic heterocycles. The summed E-state index contributed by atoms with van der Waals surface area (Å²) in [5.41, 5.74) is 2.10. The predicted molar refractivity (Wildman–Crippen MR) is 140 cm³/mol. The Labute approximate surface area is 220 Å². The molecule has 0 unspecified atom stereocenters. The van der Waals surface area contributed by atoms with Crippen LogP contribution in [0.4, 0.5) is 4.79 Å². The number of benzene rings is 3. The minimum atomic E-state index is -0.524. The van der Waals surface area contributed by atoms with Crippen molar-refractivity contribution in [1.29, 1.82) is 0 Å². The van der Waals surface area contributed by atoms with Gasteiger partial charge < -0.3 is 9.47 Å². The number of nitrogens with zero attached hydrogens (tertiary/aromatic N) is 1. The lowest BCUT2D eigenvalue weighted by molar-refractivity contribution is -0.123. The summed E-state index contributed by atoms with van der Waals surface area (Å²) in [6, 6.07) is 19.0. The molecule has 1 saturated heterocycles. The van der Waals surface area contributed by atoms with Crippen LogP contribution in [0.3, 0.4) is 0 Å². The van der Waals surface area contributed by atoms with Crippen molar-refractivity contribution in [2.45, 2.75) is 6.92 Å². The lowest BCUT2D eigenvalue weighted by atomic mass is 10.2. The molecule has 0 aromatic heterocycles. The average Bonchev–Trinajstić information content (AvgIpc) is 3.08. The number of rotatable bonds is 7. The molecule has 1 aliphatic rings. The van der Waals surface area contributed by atoms with E-state index in [1.165, 1.54) is 4.90 Å². The summed E-state index contributed by atoms with van der Waals surface area (Å²) in [5.74, 6) is 0.115. The summed E-state index contributed by atoms with van der Waals surface area (Å²) in [6.45, 7) is 2.32. The van der Waals surface area contributed by atoms with Gasteiger partial charge in [0.2, 0.25) is 0 Å². The van der Waals surface area contributed by atoms with Crippen LogP contribution in [-0.4, -0.2) is 35.2 Å². The van der Waals surface area contributed by atoms with Gasteiger partial charge in [0.15, 0.2) is 0 Å². The van der Waals surface area contributed by atoms with Crippen LogP contribution in [0.2, 0.25) is 5.02 Å². The standard InChI is InChI=1S/C26H19BrClNO5S/c1-16-3-2-4-20(13-16)33-12-11-29-24(30)23(35-26(29)32)15-17-5-10-22(21(27)14-17)34-25(31)18-6-8-19(28)9-7-18/h2-10,13-15H,11-12H2,1H3/b23-15-. The number of hydrogen-bond acceptors (Lipinski definition) is 6. The summed E-state index contributed by atoms with van der Waals surface area (Å²) in [5, 5.41) is 0.178. The van der Waals surface area contributed by atoms with Gasteiger partial charge in [-0.1, -0.05) is 29.8 Å². The van der Waals surface area contributed by atoms with E-state index in [4.69, 9.17) is 21.1 Å². The molecular weight excluding hydrogens is 554 g/mol. The van der Waals surface area contributed by atoms with Crippen LogP contribution in [0, 0.1) is 6.92 Å². The minimum absolute atomic E-state index is 0.152. The Kier molecular flexibility index (Phi) is 7.95. The van der Waals surface area contributed by atoms with Gasteiger partial charge >= 0.3 is 5.97 Å². The van der Waals surface area contributed by atoms with E-state index in [-0.39, 0.29) is 24.3 Å². The molecule has 0 atom stereocenters. The topological polar surface area (TPSA) is 72.9 Å². The zero-order valence-electron chi connectivity index (χ0n) is 18.5. The molecule has 0 saturated carbocycles. The van der Waals surface area contributed by atoms with Gasteiger partial charge in [0.1, 0.15) is 18.1 Å². The maximum absolute atomic E-state index is 12.8. The number of imide groups is 1. The van der Waals surface area contributed by atoms with Gasteiger partial charge in [-0.25, -0.2) is 4.79 Å². The zero-order chi connectivity index (χ0) is 24.9. The molecule has 0 radical (unpaired) electrons. The van der Waals surface area contributed by atoms with E-state index in [1.807, 2.05) is 31.2 Å². The number of amides is 2. The molecule has 0 spiro atoms. The van der Waals surface area contributed by atoms with Crippen LogP contribution in [-0.2, 0) is 4.79 Å². The van der Waals surface area contributed by atoms with Crippen molar-refractivity contribution in [3.05, 3.63) is 97.8 Å². The second-order valence-corrected chi connectivity index (χ2v) is 9.87. The Morgan fingerprint density at radius 1 is 1.09 bits per heavy atom. The molecule has 9 heteroatoms. The quantitative estimate of drug-likeness (QED) is 0.177.